The Balaban J connectivity index is 2.89. The van der Waals surface area contributed by atoms with Gasteiger partial charge >= 0.3 is 0 Å². The number of nitrogens with zero attached hydrogens (tertiary/aromatic N) is 1. The van der Waals surface area contributed by atoms with E-state index >= 15 is 0 Å². The molecule has 0 aliphatic heterocycles. The molecule has 23 heavy (non-hydrogen) atoms. The predicted octanol–water partition coefficient (Wildman–Crippen LogP) is 1.63. The summed E-state index contributed by atoms with van der Waals surface area (Å²) in [5, 5.41) is 48.8. The summed E-state index contributed by atoms with van der Waals surface area (Å²) in [4.78, 5) is 0.677. The minimum Gasteiger partial charge on any atom is -0.508 e. The number of hydrogen-bond donors (Lipinski definition) is 5. The van der Waals surface area contributed by atoms with Crippen LogP contribution in [0.1, 0.15) is 57.6 Å². The molecule has 1 aromatic carbocycles. The van der Waals surface area contributed by atoms with Crippen molar-refractivity contribution >= 4 is 0 Å². The average molecular weight is 327 g/mol. The van der Waals surface area contributed by atoms with Gasteiger partial charge in [-0.2, -0.15) is 4.90 Å². The van der Waals surface area contributed by atoms with Crippen LogP contribution in [0.3, 0.4) is 0 Å². The lowest BCUT2D eigenvalue weighted by Crippen LogP contribution is -2.57. The summed E-state index contributed by atoms with van der Waals surface area (Å²) in [5.74, 6) is -4.91. The normalized spacial score (nSPS) is 12.9. The minimum absolute atomic E-state index is 0.0270. The molecular weight excluding hydrogens is 298 g/mol. The van der Waals surface area contributed by atoms with E-state index in [1.54, 1.807) is 12.1 Å². The first-order valence-electron chi connectivity index (χ1n) is 8.03. The molecule has 0 saturated heterocycles. The van der Waals surface area contributed by atoms with Crippen molar-refractivity contribution < 1.29 is 25.5 Å². The highest BCUT2D eigenvalue weighted by Crippen LogP contribution is 2.27. The van der Waals surface area contributed by atoms with E-state index < -0.39 is 11.8 Å². The number of hydrogen-bond acceptors (Lipinski definition) is 6. The van der Waals surface area contributed by atoms with Crippen molar-refractivity contribution in [2.24, 2.45) is 0 Å². The number of aromatic hydroxyl groups is 1. The molecule has 0 bridgehead atoms. The van der Waals surface area contributed by atoms with Crippen LogP contribution in [0.2, 0.25) is 0 Å². The lowest BCUT2D eigenvalue weighted by molar-refractivity contribution is -0.374. The molecule has 0 aliphatic carbocycles. The molecule has 0 fully saturated rings. The number of aliphatic hydroxyl groups is 4. The molecule has 132 valence electrons. The van der Waals surface area contributed by atoms with Gasteiger partial charge in [-0.1, -0.05) is 38.3 Å². The second-order valence-electron chi connectivity index (χ2n) is 6.30. The summed E-state index contributed by atoms with van der Waals surface area (Å²) in [6, 6.07) is 5.12. The summed E-state index contributed by atoms with van der Waals surface area (Å²) < 4.78 is 0. The van der Waals surface area contributed by atoms with Gasteiger partial charge in [0.1, 0.15) is 5.75 Å². The Labute approximate surface area is 137 Å². The van der Waals surface area contributed by atoms with E-state index in [-0.39, 0.29) is 12.3 Å². The summed E-state index contributed by atoms with van der Waals surface area (Å²) in [6.45, 7) is 3.99. The standard InChI is InChI=1S/C17H29NO5/c1-4-5-6-7-8-13-9-10-15(19)14(11-13)12-18(16(2,20)21)17(3,22)23/h9-11,19-23H,4-8,12H2,1-3H3. The minimum atomic E-state index is -2.44. The van der Waals surface area contributed by atoms with Crippen molar-refractivity contribution in [1.82, 2.24) is 4.90 Å². The molecule has 0 aromatic heterocycles. The van der Waals surface area contributed by atoms with Crippen molar-refractivity contribution in [3.63, 3.8) is 0 Å². The van der Waals surface area contributed by atoms with Crippen LogP contribution in [0.4, 0.5) is 0 Å². The fraction of sp³-hybridized carbons (Fsp3) is 0.647. The Morgan fingerprint density at radius 3 is 2.09 bits per heavy atom. The molecule has 0 atom stereocenters. The second-order valence-corrected chi connectivity index (χ2v) is 6.30. The molecule has 0 unspecified atom stereocenters. The summed E-state index contributed by atoms with van der Waals surface area (Å²) in [6.07, 6.45) is 5.37. The van der Waals surface area contributed by atoms with Gasteiger partial charge in [0.05, 0.1) is 0 Å². The van der Waals surface area contributed by atoms with Crippen molar-refractivity contribution in [1.29, 1.82) is 0 Å². The monoisotopic (exact) mass is 327 g/mol. The summed E-state index contributed by atoms with van der Waals surface area (Å²) in [5.41, 5.74) is 1.42. The van der Waals surface area contributed by atoms with Crippen molar-refractivity contribution in [2.45, 2.75) is 71.2 Å². The molecule has 0 amide bonds. The zero-order chi connectivity index (χ0) is 17.7. The smallest absolute Gasteiger partial charge is 0.226 e. The molecule has 5 N–H and O–H groups in total. The summed E-state index contributed by atoms with van der Waals surface area (Å²) >= 11 is 0. The Morgan fingerprint density at radius 1 is 0.957 bits per heavy atom. The van der Waals surface area contributed by atoms with Gasteiger partial charge in [0, 0.05) is 26.0 Å². The number of rotatable bonds is 9. The van der Waals surface area contributed by atoms with Gasteiger partial charge < -0.3 is 25.5 Å². The molecule has 6 heteroatoms. The molecule has 1 aromatic rings. The number of aryl methyl sites for hydroxylation is 1. The molecule has 1 rings (SSSR count). The van der Waals surface area contributed by atoms with Crippen LogP contribution >= 0.6 is 0 Å². The van der Waals surface area contributed by atoms with Crippen LogP contribution in [0.5, 0.6) is 5.75 Å². The van der Waals surface area contributed by atoms with Crippen LogP contribution in [0, 0.1) is 0 Å². The van der Waals surface area contributed by atoms with Gasteiger partial charge in [0.2, 0.25) is 11.8 Å². The van der Waals surface area contributed by atoms with Crippen molar-refractivity contribution in [2.75, 3.05) is 0 Å². The first-order chi connectivity index (χ1) is 10.6. The quantitative estimate of drug-likeness (QED) is 0.349. The van der Waals surface area contributed by atoms with E-state index in [2.05, 4.69) is 6.92 Å². The van der Waals surface area contributed by atoms with E-state index in [0.717, 1.165) is 45.1 Å². The van der Waals surface area contributed by atoms with E-state index in [4.69, 9.17) is 0 Å². The Morgan fingerprint density at radius 2 is 1.57 bits per heavy atom. The van der Waals surface area contributed by atoms with Crippen molar-refractivity contribution in [3.8, 4) is 5.75 Å². The molecule has 0 spiro atoms. The molecule has 0 heterocycles. The van der Waals surface area contributed by atoms with Gasteiger partial charge in [-0.3, -0.25) is 0 Å². The van der Waals surface area contributed by atoms with Crippen LogP contribution in [-0.4, -0.2) is 42.3 Å². The van der Waals surface area contributed by atoms with Crippen LogP contribution < -0.4 is 0 Å². The maximum atomic E-state index is 9.97. The zero-order valence-corrected chi connectivity index (χ0v) is 14.2. The highest BCUT2D eigenvalue weighted by molar-refractivity contribution is 5.36. The number of benzene rings is 1. The predicted molar refractivity (Wildman–Crippen MR) is 87.2 cm³/mol. The zero-order valence-electron chi connectivity index (χ0n) is 14.2. The van der Waals surface area contributed by atoms with Gasteiger partial charge in [0.15, 0.2) is 0 Å². The maximum Gasteiger partial charge on any atom is 0.226 e. The number of unbranched alkanes of at least 4 members (excludes halogenated alkanes) is 3. The van der Waals surface area contributed by atoms with Gasteiger partial charge in [-0.05, 0) is 24.5 Å². The number of phenols is 1. The van der Waals surface area contributed by atoms with Gasteiger partial charge in [0.25, 0.3) is 0 Å². The third-order valence-electron chi connectivity index (χ3n) is 3.81. The van der Waals surface area contributed by atoms with E-state index in [0.29, 0.717) is 10.5 Å². The maximum absolute atomic E-state index is 9.97. The first-order valence-corrected chi connectivity index (χ1v) is 8.03. The third-order valence-corrected chi connectivity index (χ3v) is 3.81. The first kappa shape index (κ1) is 19.9. The lowest BCUT2D eigenvalue weighted by atomic mass is 10.0. The van der Waals surface area contributed by atoms with E-state index in [9.17, 15) is 25.5 Å². The Hall–Kier alpha value is -1.18. The average Bonchev–Trinajstić information content (AvgIpc) is 2.41. The lowest BCUT2D eigenvalue weighted by Gasteiger charge is -2.39. The molecule has 0 radical (unpaired) electrons. The van der Waals surface area contributed by atoms with E-state index in [1.165, 1.54) is 6.42 Å². The number of phenolic OH excluding ortho intramolecular Hbond substituents is 1. The summed E-state index contributed by atoms with van der Waals surface area (Å²) in [7, 11) is 0. The van der Waals surface area contributed by atoms with Crippen LogP contribution in [0.15, 0.2) is 18.2 Å². The van der Waals surface area contributed by atoms with Gasteiger partial charge in [-0.25, -0.2) is 0 Å². The molecule has 6 nitrogen and oxygen atoms in total. The van der Waals surface area contributed by atoms with Crippen LogP contribution in [0.25, 0.3) is 0 Å². The highest BCUT2D eigenvalue weighted by atomic mass is 16.6. The molecule has 0 aliphatic rings. The highest BCUT2D eigenvalue weighted by Gasteiger charge is 2.39. The van der Waals surface area contributed by atoms with Crippen LogP contribution in [-0.2, 0) is 13.0 Å². The van der Waals surface area contributed by atoms with E-state index in [1.807, 2.05) is 6.07 Å². The third kappa shape index (κ3) is 6.45. The Kier molecular flexibility index (Phi) is 6.98. The largest absolute Gasteiger partial charge is 0.508 e. The SMILES string of the molecule is CCCCCCc1ccc(O)c(CN(C(C)(O)O)C(C)(O)O)c1. The van der Waals surface area contributed by atoms with Gasteiger partial charge in [-0.15, -0.1) is 0 Å². The topological polar surface area (TPSA) is 104 Å². The van der Waals surface area contributed by atoms with Crippen molar-refractivity contribution in [3.05, 3.63) is 29.3 Å². The fourth-order valence-corrected chi connectivity index (χ4v) is 2.55. The second kappa shape index (κ2) is 8.08. The molecule has 0 saturated carbocycles. The Bertz CT molecular complexity index is 477. The fourth-order valence-electron chi connectivity index (χ4n) is 2.55. The molecular formula is C17H29NO5.